The molecule has 0 aliphatic heterocycles. The van der Waals surface area contributed by atoms with E-state index in [1.165, 1.54) is 128 Å². The average Bonchev–Trinajstić information content (AvgIpc) is 3.11. The van der Waals surface area contributed by atoms with Gasteiger partial charge in [-0.05, 0) is 31.1 Å². The van der Waals surface area contributed by atoms with Gasteiger partial charge in [-0.2, -0.15) is 0 Å². The highest BCUT2D eigenvalue weighted by Crippen LogP contribution is 2.17. The van der Waals surface area contributed by atoms with Gasteiger partial charge in [0, 0.05) is 19.3 Å². The Kier molecular flexibility index (Phi) is 37.0. The zero-order valence-corrected chi connectivity index (χ0v) is 34.7. The molecule has 0 aliphatic rings. The van der Waals surface area contributed by atoms with Crippen molar-refractivity contribution >= 4 is 17.9 Å². The lowest BCUT2D eigenvalue weighted by Gasteiger charge is -2.18. The number of carbonyl (C=O) groups excluding carboxylic acids is 3. The summed E-state index contributed by atoms with van der Waals surface area (Å²) >= 11 is 0. The van der Waals surface area contributed by atoms with E-state index in [1.54, 1.807) is 0 Å². The topological polar surface area (TPSA) is 78.9 Å². The van der Waals surface area contributed by atoms with Gasteiger partial charge in [0.2, 0.25) is 0 Å². The van der Waals surface area contributed by atoms with Gasteiger partial charge < -0.3 is 14.2 Å². The molecule has 0 heterocycles. The van der Waals surface area contributed by atoms with Crippen molar-refractivity contribution < 1.29 is 28.6 Å². The fourth-order valence-corrected chi connectivity index (χ4v) is 6.54. The molecule has 0 fully saturated rings. The predicted octanol–water partition coefficient (Wildman–Crippen LogP) is 13.8. The first-order valence-corrected chi connectivity index (χ1v) is 22.3. The molecule has 0 aromatic heterocycles. The average molecular weight is 723 g/mol. The van der Waals surface area contributed by atoms with Crippen LogP contribution in [0, 0.1) is 11.8 Å². The molecule has 2 atom stereocenters. The first-order valence-electron chi connectivity index (χ1n) is 22.3. The van der Waals surface area contributed by atoms with Gasteiger partial charge in [-0.1, -0.05) is 202 Å². The minimum atomic E-state index is -0.759. The summed E-state index contributed by atoms with van der Waals surface area (Å²) in [6.45, 7) is 11.3. The molecule has 0 amide bonds. The number of hydrogen-bond acceptors (Lipinski definition) is 6. The fourth-order valence-electron chi connectivity index (χ4n) is 6.54. The fraction of sp³-hybridized carbons (Fsp3) is 0.933. The van der Waals surface area contributed by atoms with Crippen LogP contribution in [0.25, 0.3) is 0 Å². The summed E-state index contributed by atoms with van der Waals surface area (Å²) in [4.78, 5) is 37.5. The summed E-state index contributed by atoms with van der Waals surface area (Å²) in [7, 11) is 0. The van der Waals surface area contributed by atoms with Gasteiger partial charge in [-0.25, -0.2) is 0 Å². The predicted molar refractivity (Wildman–Crippen MR) is 215 cm³/mol. The maximum Gasteiger partial charge on any atom is 0.306 e. The van der Waals surface area contributed by atoms with Gasteiger partial charge in [-0.3, -0.25) is 14.4 Å². The monoisotopic (exact) mass is 723 g/mol. The zero-order valence-electron chi connectivity index (χ0n) is 34.7. The van der Waals surface area contributed by atoms with Gasteiger partial charge in [0.15, 0.2) is 6.10 Å². The van der Waals surface area contributed by atoms with Crippen molar-refractivity contribution in [3.8, 4) is 0 Å². The number of rotatable bonds is 39. The summed E-state index contributed by atoms with van der Waals surface area (Å²) in [6.07, 6.45) is 35.2. The third kappa shape index (κ3) is 38.0. The van der Waals surface area contributed by atoms with Crippen LogP contribution in [0.3, 0.4) is 0 Å². The van der Waals surface area contributed by atoms with Gasteiger partial charge in [0.1, 0.15) is 13.2 Å². The van der Waals surface area contributed by atoms with E-state index in [9.17, 15) is 14.4 Å². The summed E-state index contributed by atoms with van der Waals surface area (Å²) in [5.74, 6) is 0.810. The second kappa shape index (κ2) is 38.1. The lowest BCUT2D eigenvalue weighted by Crippen LogP contribution is -2.30. The van der Waals surface area contributed by atoms with E-state index in [4.69, 9.17) is 14.2 Å². The summed E-state index contributed by atoms with van der Waals surface area (Å²) in [5.41, 5.74) is 0. The van der Waals surface area contributed by atoms with Gasteiger partial charge in [0.05, 0.1) is 0 Å². The molecule has 0 radical (unpaired) electrons. The molecule has 0 aromatic rings. The van der Waals surface area contributed by atoms with Crippen molar-refractivity contribution in [2.45, 2.75) is 246 Å². The van der Waals surface area contributed by atoms with Crippen molar-refractivity contribution in [3.05, 3.63) is 0 Å². The number of carbonyl (C=O) groups is 3. The van der Waals surface area contributed by atoms with Gasteiger partial charge in [-0.15, -0.1) is 0 Å². The van der Waals surface area contributed by atoms with E-state index in [2.05, 4.69) is 34.6 Å². The van der Waals surface area contributed by atoms with Crippen molar-refractivity contribution in [1.82, 2.24) is 0 Å². The summed E-state index contributed by atoms with van der Waals surface area (Å²) in [6, 6.07) is 0. The van der Waals surface area contributed by atoms with Crippen molar-refractivity contribution in [1.29, 1.82) is 0 Å². The molecule has 0 rings (SSSR count). The van der Waals surface area contributed by atoms with Crippen LogP contribution >= 0.6 is 0 Å². The van der Waals surface area contributed by atoms with Crippen molar-refractivity contribution in [2.24, 2.45) is 11.8 Å². The largest absolute Gasteiger partial charge is 0.462 e. The Hall–Kier alpha value is -1.59. The Morgan fingerprint density at radius 2 is 0.745 bits per heavy atom. The Labute approximate surface area is 317 Å². The van der Waals surface area contributed by atoms with E-state index in [0.29, 0.717) is 19.3 Å². The third-order valence-electron chi connectivity index (χ3n) is 10.3. The number of hydrogen-bond donors (Lipinski definition) is 0. The minimum absolute atomic E-state index is 0.0657. The highest BCUT2D eigenvalue weighted by Gasteiger charge is 2.19. The second-order valence-electron chi connectivity index (χ2n) is 16.1. The number of ether oxygens (including phenoxy) is 3. The number of esters is 3. The van der Waals surface area contributed by atoms with Crippen LogP contribution in [0.5, 0.6) is 0 Å². The molecule has 0 aromatic carbocycles. The van der Waals surface area contributed by atoms with Gasteiger partial charge in [0.25, 0.3) is 0 Å². The van der Waals surface area contributed by atoms with E-state index in [0.717, 1.165) is 69.6 Å². The lowest BCUT2D eigenvalue weighted by atomic mass is 9.99. The SMILES string of the molecule is CCCCCCCCCC(=O)OC[C@H](COC(=O)CCCCCCCCCCCCC(C)CC)OC(=O)CCCCCCCCCCCC(C)C. The molecule has 302 valence electrons. The highest BCUT2D eigenvalue weighted by molar-refractivity contribution is 5.71. The summed E-state index contributed by atoms with van der Waals surface area (Å²) < 4.78 is 16.6. The van der Waals surface area contributed by atoms with Crippen molar-refractivity contribution in [2.75, 3.05) is 13.2 Å². The number of unbranched alkanes of at least 4 members (excludes halogenated alkanes) is 23. The Bertz CT molecular complexity index is 781. The highest BCUT2D eigenvalue weighted by atomic mass is 16.6. The quantitative estimate of drug-likeness (QED) is 0.0357. The van der Waals surface area contributed by atoms with E-state index >= 15 is 0 Å². The first-order chi connectivity index (χ1) is 24.8. The molecule has 51 heavy (non-hydrogen) atoms. The molecular weight excluding hydrogens is 636 g/mol. The standard InChI is InChI=1S/C45H86O6/c1-6-8-9-10-18-25-30-35-43(46)49-38-42(51-45(48)37-32-27-22-17-13-14-19-23-28-33-40(3)4)39-50-44(47)36-31-26-21-16-12-11-15-20-24-29-34-41(5)7-2/h40-42H,6-39H2,1-5H3/t41?,42-/m1/s1. The maximum absolute atomic E-state index is 12.7. The van der Waals surface area contributed by atoms with E-state index < -0.39 is 6.10 Å². The van der Waals surface area contributed by atoms with E-state index in [-0.39, 0.29) is 31.1 Å². The molecule has 0 aliphatic carbocycles. The van der Waals surface area contributed by atoms with Crippen LogP contribution in [0.1, 0.15) is 240 Å². The Morgan fingerprint density at radius 1 is 0.412 bits per heavy atom. The van der Waals surface area contributed by atoms with Crippen LogP contribution in [-0.2, 0) is 28.6 Å². The van der Waals surface area contributed by atoms with E-state index in [1.807, 2.05) is 0 Å². The smallest absolute Gasteiger partial charge is 0.306 e. The molecule has 6 heteroatoms. The molecule has 0 saturated heterocycles. The van der Waals surface area contributed by atoms with Crippen LogP contribution in [-0.4, -0.2) is 37.2 Å². The second-order valence-corrected chi connectivity index (χ2v) is 16.1. The molecular formula is C45H86O6. The van der Waals surface area contributed by atoms with Gasteiger partial charge >= 0.3 is 17.9 Å². The normalized spacial score (nSPS) is 12.6. The Morgan fingerprint density at radius 3 is 1.12 bits per heavy atom. The Balaban J connectivity index is 4.29. The van der Waals surface area contributed by atoms with Crippen molar-refractivity contribution in [3.63, 3.8) is 0 Å². The molecule has 1 unspecified atom stereocenters. The molecule has 0 N–H and O–H groups in total. The molecule has 0 spiro atoms. The molecule has 0 saturated carbocycles. The van der Waals surface area contributed by atoms with Crippen LogP contribution in [0.15, 0.2) is 0 Å². The first kappa shape index (κ1) is 49.4. The molecule has 0 bridgehead atoms. The van der Waals surface area contributed by atoms with Crippen LogP contribution < -0.4 is 0 Å². The van der Waals surface area contributed by atoms with Crippen LogP contribution in [0.4, 0.5) is 0 Å². The minimum Gasteiger partial charge on any atom is -0.462 e. The molecule has 6 nitrogen and oxygen atoms in total. The van der Waals surface area contributed by atoms with Crippen LogP contribution in [0.2, 0.25) is 0 Å². The summed E-state index contributed by atoms with van der Waals surface area (Å²) in [5, 5.41) is 0. The maximum atomic E-state index is 12.7. The zero-order chi connectivity index (χ0) is 37.6. The third-order valence-corrected chi connectivity index (χ3v) is 10.3. The lowest BCUT2D eigenvalue weighted by molar-refractivity contribution is -0.167.